The van der Waals surface area contributed by atoms with E-state index in [0.717, 1.165) is 22.9 Å². The molecule has 0 bridgehead atoms. The maximum Gasteiger partial charge on any atom is 0.326 e. The maximum atomic E-state index is 13.5. The molecular weight excluding hydrogens is 522 g/mol. The first-order valence-electron chi connectivity index (χ1n) is 13.0. The summed E-state index contributed by atoms with van der Waals surface area (Å²) in [6.45, 7) is 0.674. The number of aromatic amines is 1. The number of primary amides is 2. The molecule has 2 aromatic rings. The Balaban J connectivity index is 1.81. The lowest BCUT2D eigenvalue weighted by molar-refractivity contribution is -0.142. The van der Waals surface area contributed by atoms with E-state index in [9.17, 15) is 33.9 Å². The van der Waals surface area contributed by atoms with Crippen LogP contribution in [0.15, 0.2) is 30.5 Å². The number of hydrogen-bond donors (Lipinski definition) is 8. The normalized spacial score (nSPS) is 16.9. The van der Waals surface area contributed by atoms with E-state index in [1.807, 2.05) is 24.3 Å². The first-order chi connectivity index (χ1) is 19.0. The van der Waals surface area contributed by atoms with Crippen LogP contribution in [0.3, 0.4) is 0 Å². The largest absolute Gasteiger partial charge is 0.480 e. The van der Waals surface area contributed by atoms with Crippen LogP contribution in [0, 0.1) is 0 Å². The third kappa shape index (κ3) is 8.53. The van der Waals surface area contributed by atoms with Gasteiger partial charge in [-0.15, -0.1) is 0 Å². The minimum absolute atomic E-state index is 0.0921. The van der Waals surface area contributed by atoms with E-state index in [1.54, 1.807) is 6.20 Å². The Morgan fingerprint density at radius 1 is 0.900 bits per heavy atom. The highest BCUT2D eigenvalue weighted by Crippen LogP contribution is 2.19. The van der Waals surface area contributed by atoms with Crippen molar-refractivity contribution in [2.24, 2.45) is 11.5 Å². The molecule has 5 amide bonds. The number of carboxylic acids is 1. The van der Waals surface area contributed by atoms with Crippen LogP contribution < -0.4 is 32.7 Å². The molecular formula is C26H35N7O7. The van der Waals surface area contributed by atoms with Gasteiger partial charge in [-0.05, 0) is 43.9 Å². The first-order valence-corrected chi connectivity index (χ1v) is 13.0. The number of amides is 5. The number of aliphatic carboxylic acids is 1. The van der Waals surface area contributed by atoms with E-state index in [1.165, 1.54) is 0 Å². The van der Waals surface area contributed by atoms with E-state index in [-0.39, 0.29) is 38.0 Å². The Hall–Kier alpha value is -4.46. The highest BCUT2D eigenvalue weighted by molar-refractivity contribution is 5.95. The second kappa shape index (κ2) is 14.1. The van der Waals surface area contributed by atoms with Crippen molar-refractivity contribution in [2.75, 3.05) is 6.54 Å². The molecule has 14 nitrogen and oxygen atoms in total. The molecule has 0 spiro atoms. The second-order valence-corrected chi connectivity index (χ2v) is 9.74. The number of carbonyl (C=O) groups is 6. The van der Waals surface area contributed by atoms with Gasteiger partial charge in [-0.1, -0.05) is 18.2 Å². The van der Waals surface area contributed by atoms with Crippen molar-refractivity contribution in [1.29, 1.82) is 0 Å². The number of H-pyrrole nitrogens is 1. The van der Waals surface area contributed by atoms with Crippen molar-refractivity contribution in [3.63, 3.8) is 0 Å². The minimum Gasteiger partial charge on any atom is -0.480 e. The monoisotopic (exact) mass is 557 g/mol. The Morgan fingerprint density at radius 3 is 2.15 bits per heavy atom. The van der Waals surface area contributed by atoms with Gasteiger partial charge in [0.1, 0.15) is 18.1 Å². The van der Waals surface area contributed by atoms with Crippen LogP contribution in [0.25, 0.3) is 10.9 Å². The SMILES string of the molecule is NC(=O)CCC(NC(=O)C(CCC(N)=O)NC(=O)C(Cc1c[nH]c2ccccc12)NC(=O)C1CCCN1)C(=O)O. The Morgan fingerprint density at radius 2 is 1.52 bits per heavy atom. The number of para-hydroxylation sites is 1. The zero-order valence-corrected chi connectivity index (χ0v) is 21.9. The molecule has 40 heavy (non-hydrogen) atoms. The average Bonchev–Trinajstić information content (AvgIpc) is 3.58. The number of benzene rings is 1. The van der Waals surface area contributed by atoms with Crippen LogP contribution in [0.2, 0.25) is 0 Å². The van der Waals surface area contributed by atoms with Gasteiger partial charge in [0.05, 0.1) is 6.04 Å². The lowest BCUT2D eigenvalue weighted by Crippen LogP contribution is -2.57. The molecule has 0 radical (unpaired) electrons. The summed E-state index contributed by atoms with van der Waals surface area (Å²) in [4.78, 5) is 76.8. The fraction of sp³-hybridized carbons (Fsp3) is 0.462. The van der Waals surface area contributed by atoms with Crippen molar-refractivity contribution in [1.82, 2.24) is 26.3 Å². The molecule has 4 atom stereocenters. The Bertz CT molecular complexity index is 1260. The molecule has 0 saturated carbocycles. The number of fused-ring (bicyclic) bond motifs is 1. The predicted octanol–water partition coefficient (Wildman–Crippen LogP) is -1.47. The van der Waals surface area contributed by atoms with Crippen molar-refractivity contribution >= 4 is 46.4 Å². The van der Waals surface area contributed by atoms with Gasteiger partial charge in [0.15, 0.2) is 0 Å². The molecule has 14 heteroatoms. The number of carboxylic acid groups (broad SMARTS) is 1. The molecule has 1 aromatic carbocycles. The lowest BCUT2D eigenvalue weighted by Gasteiger charge is -2.25. The van der Waals surface area contributed by atoms with Gasteiger partial charge in [0.2, 0.25) is 29.5 Å². The van der Waals surface area contributed by atoms with Gasteiger partial charge < -0.3 is 42.8 Å². The standard InChI is InChI=1S/C26H35N7O7/c27-21(34)9-7-18(24(37)32-19(26(39)40)8-10-22(28)35)31-25(38)20(33-23(36)17-6-3-11-29-17)12-14-13-30-16-5-2-1-4-15(14)16/h1-2,4-5,13,17-20,29-30H,3,6-12H2,(H2,27,34)(H2,28,35)(H,31,38)(H,32,37)(H,33,36)(H,39,40). The molecule has 1 aliphatic rings. The van der Waals surface area contributed by atoms with Gasteiger partial charge in [-0.3, -0.25) is 24.0 Å². The van der Waals surface area contributed by atoms with Gasteiger partial charge in [-0.2, -0.15) is 0 Å². The number of carbonyl (C=O) groups excluding carboxylic acids is 5. The van der Waals surface area contributed by atoms with Crippen LogP contribution in [0.1, 0.15) is 44.1 Å². The van der Waals surface area contributed by atoms with Gasteiger partial charge in [0, 0.05) is 36.4 Å². The average molecular weight is 558 g/mol. The Kier molecular flexibility index (Phi) is 10.6. The topological polar surface area (TPSA) is 239 Å². The molecule has 2 heterocycles. The maximum absolute atomic E-state index is 13.5. The molecule has 1 saturated heterocycles. The third-order valence-corrected chi connectivity index (χ3v) is 6.72. The van der Waals surface area contributed by atoms with Crippen LogP contribution in [-0.2, 0) is 35.2 Å². The molecule has 1 aromatic heterocycles. The van der Waals surface area contributed by atoms with Crippen molar-refractivity contribution < 1.29 is 33.9 Å². The fourth-order valence-corrected chi connectivity index (χ4v) is 4.55. The van der Waals surface area contributed by atoms with E-state index in [2.05, 4.69) is 26.3 Å². The van der Waals surface area contributed by atoms with Crippen LogP contribution in [0.5, 0.6) is 0 Å². The lowest BCUT2D eigenvalue weighted by atomic mass is 10.0. The van der Waals surface area contributed by atoms with Crippen molar-refractivity contribution in [3.05, 3.63) is 36.0 Å². The van der Waals surface area contributed by atoms with Gasteiger partial charge in [-0.25, -0.2) is 4.79 Å². The minimum atomic E-state index is -1.46. The molecule has 10 N–H and O–H groups in total. The summed E-state index contributed by atoms with van der Waals surface area (Å²) >= 11 is 0. The summed E-state index contributed by atoms with van der Waals surface area (Å²) in [6, 6.07) is 3.09. The molecule has 216 valence electrons. The quantitative estimate of drug-likeness (QED) is 0.128. The molecule has 1 aliphatic heterocycles. The predicted molar refractivity (Wildman–Crippen MR) is 143 cm³/mol. The number of aromatic nitrogens is 1. The summed E-state index contributed by atoms with van der Waals surface area (Å²) in [5.74, 6) is -4.83. The third-order valence-electron chi connectivity index (χ3n) is 6.72. The summed E-state index contributed by atoms with van der Waals surface area (Å²) < 4.78 is 0. The van der Waals surface area contributed by atoms with Gasteiger partial charge >= 0.3 is 5.97 Å². The molecule has 3 rings (SSSR count). The van der Waals surface area contributed by atoms with Crippen LogP contribution in [-0.4, -0.2) is 76.3 Å². The van der Waals surface area contributed by atoms with Crippen LogP contribution in [0.4, 0.5) is 0 Å². The van der Waals surface area contributed by atoms with E-state index >= 15 is 0 Å². The van der Waals surface area contributed by atoms with Gasteiger partial charge in [0.25, 0.3) is 0 Å². The first kappa shape index (κ1) is 30.1. The summed E-state index contributed by atoms with van der Waals surface area (Å²) in [7, 11) is 0. The number of hydrogen-bond acceptors (Lipinski definition) is 7. The summed E-state index contributed by atoms with van der Waals surface area (Å²) in [5.41, 5.74) is 11.9. The van der Waals surface area contributed by atoms with E-state index in [0.29, 0.717) is 13.0 Å². The molecule has 4 unspecified atom stereocenters. The van der Waals surface area contributed by atoms with Crippen molar-refractivity contribution in [3.8, 4) is 0 Å². The zero-order valence-electron chi connectivity index (χ0n) is 21.9. The van der Waals surface area contributed by atoms with Crippen LogP contribution >= 0.6 is 0 Å². The summed E-state index contributed by atoms with van der Waals surface area (Å²) in [6.07, 6.45) is 2.21. The van der Waals surface area contributed by atoms with Crippen molar-refractivity contribution in [2.45, 2.75) is 69.1 Å². The molecule has 0 aliphatic carbocycles. The number of nitrogens with two attached hydrogens (primary N) is 2. The Labute approximate surface area is 230 Å². The number of nitrogens with one attached hydrogen (secondary N) is 5. The number of rotatable bonds is 15. The smallest absolute Gasteiger partial charge is 0.326 e. The second-order valence-electron chi connectivity index (χ2n) is 9.74. The highest BCUT2D eigenvalue weighted by Gasteiger charge is 2.32. The fourth-order valence-electron chi connectivity index (χ4n) is 4.55. The highest BCUT2D eigenvalue weighted by atomic mass is 16.4. The molecule has 1 fully saturated rings. The van der Waals surface area contributed by atoms with E-state index in [4.69, 9.17) is 11.5 Å². The van der Waals surface area contributed by atoms with E-state index < -0.39 is 53.8 Å². The summed E-state index contributed by atoms with van der Waals surface area (Å²) in [5, 5.41) is 21.0. The zero-order chi connectivity index (χ0) is 29.2.